The van der Waals surface area contributed by atoms with E-state index in [0.717, 1.165) is 36.4 Å². The van der Waals surface area contributed by atoms with E-state index in [1.165, 1.54) is 7.11 Å². The third-order valence-electron chi connectivity index (χ3n) is 5.67. The van der Waals surface area contributed by atoms with Gasteiger partial charge >= 0.3 is 12.0 Å². The Hall–Kier alpha value is -2.77. The van der Waals surface area contributed by atoms with Crippen molar-refractivity contribution in [1.82, 2.24) is 9.80 Å². The van der Waals surface area contributed by atoms with Gasteiger partial charge in [0.25, 0.3) is 0 Å². The molecule has 0 aliphatic rings. The van der Waals surface area contributed by atoms with Crippen molar-refractivity contribution in [2.45, 2.75) is 38.8 Å². The Morgan fingerprint density at radius 2 is 1.61 bits per heavy atom. The molecule has 0 radical (unpaired) electrons. The molecule has 2 aromatic rings. The van der Waals surface area contributed by atoms with Crippen molar-refractivity contribution < 1.29 is 19.1 Å². The van der Waals surface area contributed by atoms with Crippen molar-refractivity contribution in [3.63, 3.8) is 0 Å². The Morgan fingerprint density at radius 3 is 2.18 bits per heavy atom. The summed E-state index contributed by atoms with van der Waals surface area (Å²) in [6.45, 7) is 4.58. The first-order valence-electron chi connectivity index (χ1n) is 11.1. The molecule has 0 aromatic heterocycles. The molecule has 1 unspecified atom stereocenters. The van der Waals surface area contributed by atoms with Crippen molar-refractivity contribution >= 4 is 23.6 Å². The second-order valence-corrected chi connectivity index (χ2v) is 8.34. The van der Waals surface area contributed by atoms with Gasteiger partial charge in [-0.1, -0.05) is 35.9 Å². The van der Waals surface area contributed by atoms with Crippen LogP contribution in [0.4, 0.5) is 4.79 Å². The maximum absolute atomic E-state index is 12.0. The van der Waals surface area contributed by atoms with E-state index in [-0.39, 0.29) is 12.0 Å². The largest absolute Gasteiger partial charge is 0.497 e. The molecular formula is C25H34ClN3O4. The molecule has 2 N–H and O–H groups in total. The highest BCUT2D eigenvalue weighted by atomic mass is 35.5. The van der Waals surface area contributed by atoms with Gasteiger partial charge in [0.1, 0.15) is 5.75 Å². The van der Waals surface area contributed by atoms with Gasteiger partial charge in [0.15, 0.2) is 0 Å². The lowest BCUT2D eigenvalue weighted by molar-refractivity contribution is -0.140. The number of nitrogens with two attached hydrogens (primary N) is 1. The van der Waals surface area contributed by atoms with E-state index < -0.39 is 6.03 Å². The molecular weight excluding hydrogens is 442 g/mol. The second-order valence-electron chi connectivity index (χ2n) is 7.90. The molecule has 180 valence electrons. The van der Waals surface area contributed by atoms with Crippen LogP contribution in [-0.4, -0.2) is 55.7 Å². The van der Waals surface area contributed by atoms with E-state index in [9.17, 15) is 9.59 Å². The summed E-state index contributed by atoms with van der Waals surface area (Å²) in [5.74, 6) is 0.552. The van der Waals surface area contributed by atoms with Crippen molar-refractivity contribution in [3.05, 3.63) is 64.7 Å². The molecule has 0 spiro atoms. The summed E-state index contributed by atoms with van der Waals surface area (Å²) >= 11 is 6.04. The van der Waals surface area contributed by atoms with Crippen molar-refractivity contribution in [3.8, 4) is 5.75 Å². The van der Waals surface area contributed by atoms with Gasteiger partial charge in [0, 0.05) is 37.1 Å². The molecule has 0 aliphatic heterocycles. The molecule has 1 atom stereocenters. The lowest BCUT2D eigenvalue weighted by atomic mass is 10.1. The predicted octanol–water partition coefficient (Wildman–Crippen LogP) is 4.64. The molecule has 33 heavy (non-hydrogen) atoms. The van der Waals surface area contributed by atoms with Gasteiger partial charge in [-0.2, -0.15) is 0 Å². The Labute approximate surface area is 201 Å². The van der Waals surface area contributed by atoms with Crippen molar-refractivity contribution in [2.75, 3.05) is 33.9 Å². The normalized spacial score (nSPS) is 11.8. The third kappa shape index (κ3) is 8.94. The second kappa shape index (κ2) is 13.7. The van der Waals surface area contributed by atoms with E-state index in [4.69, 9.17) is 26.8 Å². The van der Waals surface area contributed by atoms with E-state index >= 15 is 0 Å². The van der Waals surface area contributed by atoms with Crippen LogP contribution in [0.3, 0.4) is 0 Å². The zero-order valence-corrected chi connectivity index (χ0v) is 20.4. The highest BCUT2D eigenvalue weighted by Gasteiger charge is 2.18. The minimum atomic E-state index is -0.450. The minimum absolute atomic E-state index is 0.128. The lowest BCUT2D eigenvalue weighted by Crippen LogP contribution is -2.38. The van der Waals surface area contributed by atoms with E-state index in [0.29, 0.717) is 31.0 Å². The standard InChI is InChI=1S/C25H34ClN3O4/c1-19(21-9-11-22(26)12-10-21)28(15-4-6-24(30)33-3)16-5-17-29(25(27)31)18-20-7-13-23(32-2)14-8-20/h7-14,19H,4-6,15-18H2,1-3H3,(H2,27,31). The fraction of sp³-hybridized carbons (Fsp3) is 0.440. The average Bonchev–Trinajstić information content (AvgIpc) is 2.82. The van der Waals surface area contributed by atoms with E-state index in [1.807, 2.05) is 48.5 Å². The van der Waals surface area contributed by atoms with Crippen LogP contribution in [0.25, 0.3) is 0 Å². The number of hydrogen-bond acceptors (Lipinski definition) is 5. The van der Waals surface area contributed by atoms with Gasteiger partial charge in [-0.25, -0.2) is 4.79 Å². The van der Waals surface area contributed by atoms with Gasteiger partial charge in [-0.05, 0) is 61.7 Å². The zero-order chi connectivity index (χ0) is 24.2. The van der Waals surface area contributed by atoms with Crippen LogP contribution in [0.2, 0.25) is 5.02 Å². The molecule has 7 nitrogen and oxygen atoms in total. The molecule has 0 bridgehead atoms. The zero-order valence-electron chi connectivity index (χ0n) is 19.6. The summed E-state index contributed by atoms with van der Waals surface area (Å²) in [6, 6.07) is 15.0. The summed E-state index contributed by atoms with van der Waals surface area (Å²) in [6.07, 6.45) is 1.80. The number of halogens is 1. The number of nitrogens with zero attached hydrogens (tertiary/aromatic N) is 2. The Morgan fingerprint density at radius 1 is 0.970 bits per heavy atom. The predicted molar refractivity (Wildman–Crippen MR) is 130 cm³/mol. The molecule has 2 amide bonds. The number of hydrogen-bond donors (Lipinski definition) is 1. The first-order chi connectivity index (χ1) is 15.8. The number of primary amides is 1. The quantitative estimate of drug-likeness (QED) is 0.427. The fourth-order valence-electron chi connectivity index (χ4n) is 3.66. The number of carbonyl (C=O) groups excluding carboxylic acids is 2. The number of rotatable bonds is 13. The van der Waals surface area contributed by atoms with Crippen LogP contribution in [0.1, 0.15) is 43.4 Å². The van der Waals surface area contributed by atoms with Crippen molar-refractivity contribution in [1.29, 1.82) is 0 Å². The topological polar surface area (TPSA) is 85.1 Å². The minimum Gasteiger partial charge on any atom is -0.497 e. The van der Waals surface area contributed by atoms with Gasteiger partial charge < -0.3 is 20.1 Å². The summed E-state index contributed by atoms with van der Waals surface area (Å²) in [7, 11) is 3.02. The molecule has 2 rings (SSSR count). The number of esters is 1. The van der Waals surface area contributed by atoms with Crippen LogP contribution in [-0.2, 0) is 16.1 Å². The average molecular weight is 476 g/mol. The van der Waals surface area contributed by atoms with Crippen LogP contribution >= 0.6 is 11.6 Å². The van der Waals surface area contributed by atoms with Crippen LogP contribution < -0.4 is 10.5 Å². The Kier molecular flexibility index (Phi) is 11.0. The number of benzene rings is 2. The lowest BCUT2D eigenvalue weighted by Gasteiger charge is -2.30. The summed E-state index contributed by atoms with van der Waals surface area (Å²) in [5, 5.41) is 0.693. The molecule has 0 saturated heterocycles. The summed E-state index contributed by atoms with van der Waals surface area (Å²) < 4.78 is 9.95. The Balaban J connectivity index is 1.99. The highest BCUT2D eigenvalue weighted by Crippen LogP contribution is 2.23. The van der Waals surface area contributed by atoms with Crippen LogP contribution in [0.15, 0.2) is 48.5 Å². The number of carbonyl (C=O) groups is 2. The molecule has 2 aromatic carbocycles. The highest BCUT2D eigenvalue weighted by molar-refractivity contribution is 6.30. The monoisotopic (exact) mass is 475 g/mol. The van der Waals surface area contributed by atoms with Gasteiger partial charge in [-0.3, -0.25) is 9.69 Å². The molecule has 0 aliphatic carbocycles. The van der Waals surface area contributed by atoms with Crippen LogP contribution in [0.5, 0.6) is 5.75 Å². The first-order valence-corrected chi connectivity index (χ1v) is 11.5. The number of methoxy groups -OCH3 is 2. The Bertz CT molecular complexity index is 874. The molecule has 0 heterocycles. The van der Waals surface area contributed by atoms with Gasteiger partial charge in [0.05, 0.1) is 14.2 Å². The van der Waals surface area contributed by atoms with Crippen LogP contribution in [0, 0.1) is 0 Å². The van der Waals surface area contributed by atoms with Gasteiger partial charge in [-0.15, -0.1) is 0 Å². The molecule has 8 heteroatoms. The van der Waals surface area contributed by atoms with Gasteiger partial charge in [0.2, 0.25) is 0 Å². The summed E-state index contributed by atoms with van der Waals surface area (Å²) in [5.41, 5.74) is 7.76. The maximum atomic E-state index is 12.0. The number of amides is 2. The first kappa shape index (κ1) is 26.5. The smallest absolute Gasteiger partial charge is 0.315 e. The fourth-order valence-corrected chi connectivity index (χ4v) is 3.79. The maximum Gasteiger partial charge on any atom is 0.315 e. The number of ether oxygens (including phenoxy) is 2. The van der Waals surface area contributed by atoms with Crippen molar-refractivity contribution in [2.24, 2.45) is 5.73 Å². The van der Waals surface area contributed by atoms with E-state index in [2.05, 4.69) is 11.8 Å². The SMILES string of the molecule is COC(=O)CCCN(CCCN(Cc1ccc(OC)cc1)C(N)=O)C(C)c1ccc(Cl)cc1. The summed E-state index contributed by atoms with van der Waals surface area (Å²) in [4.78, 5) is 27.5. The van der Waals surface area contributed by atoms with E-state index in [1.54, 1.807) is 12.0 Å². The molecule has 0 fully saturated rings. The number of urea groups is 1. The third-order valence-corrected chi connectivity index (χ3v) is 5.92. The molecule has 0 saturated carbocycles.